The molecule has 2 aromatic rings. The van der Waals surface area contributed by atoms with E-state index in [-0.39, 0.29) is 6.10 Å². The predicted octanol–water partition coefficient (Wildman–Crippen LogP) is 4.40. The number of nitrogens with two attached hydrogens (primary N) is 1. The molecule has 4 N–H and O–H groups in total. The molecule has 5 nitrogen and oxygen atoms in total. The molecule has 2 unspecified atom stereocenters. The molecule has 2 atom stereocenters. The molecule has 156 valence electrons. The summed E-state index contributed by atoms with van der Waals surface area (Å²) in [5, 5.41) is 14.2. The molecular formula is C24H32N2O3. The Morgan fingerprint density at radius 3 is 2.83 bits per heavy atom. The SMILES string of the molecule is NC(O)C1=CCC(Oc2ccc(CNCCC3CCCCC3)c3ccoc23)C=C1. The number of furan rings is 1. The van der Waals surface area contributed by atoms with E-state index in [4.69, 9.17) is 14.9 Å². The monoisotopic (exact) mass is 396 g/mol. The van der Waals surface area contributed by atoms with Crippen LogP contribution in [0.25, 0.3) is 11.0 Å². The molecule has 0 amide bonds. The molecule has 1 aromatic heterocycles. The number of aliphatic hydroxyl groups is 1. The van der Waals surface area contributed by atoms with E-state index in [2.05, 4.69) is 11.4 Å². The fraction of sp³-hybridized carbons (Fsp3) is 0.500. The fourth-order valence-electron chi connectivity index (χ4n) is 4.43. The summed E-state index contributed by atoms with van der Waals surface area (Å²) in [7, 11) is 0. The van der Waals surface area contributed by atoms with Crippen LogP contribution >= 0.6 is 0 Å². The first-order chi connectivity index (χ1) is 14.2. The van der Waals surface area contributed by atoms with E-state index in [9.17, 15) is 5.11 Å². The molecule has 2 aliphatic rings. The van der Waals surface area contributed by atoms with Gasteiger partial charge in [-0.15, -0.1) is 0 Å². The molecule has 0 aliphatic heterocycles. The summed E-state index contributed by atoms with van der Waals surface area (Å²) < 4.78 is 11.9. The second kappa shape index (κ2) is 9.61. The van der Waals surface area contributed by atoms with Gasteiger partial charge in [0.25, 0.3) is 0 Å². The van der Waals surface area contributed by atoms with Crippen LogP contribution in [-0.4, -0.2) is 24.0 Å². The third-order valence-corrected chi connectivity index (χ3v) is 6.15. The average molecular weight is 397 g/mol. The van der Waals surface area contributed by atoms with Gasteiger partial charge >= 0.3 is 0 Å². The van der Waals surface area contributed by atoms with E-state index >= 15 is 0 Å². The van der Waals surface area contributed by atoms with Crippen molar-refractivity contribution >= 4 is 11.0 Å². The Labute approximate surface area is 172 Å². The minimum atomic E-state index is -0.936. The van der Waals surface area contributed by atoms with Crippen LogP contribution in [-0.2, 0) is 6.54 Å². The van der Waals surface area contributed by atoms with Crippen molar-refractivity contribution in [3.05, 3.63) is 53.8 Å². The molecule has 29 heavy (non-hydrogen) atoms. The van der Waals surface area contributed by atoms with E-state index in [0.29, 0.717) is 6.42 Å². The lowest BCUT2D eigenvalue weighted by Crippen LogP contribution is -2.24. The van der Waals surface area contributed by atoms with E-state index in [0.717, 1.165) is 41.3 Å². The highest BCUT2D eigenvalue weighted by atomic mass is 16.5. The third kappa shape index (κ3) is 5.10. The molecule has 1 aromatic carbocycles. The Kier molecular flexibility index (Phi) is 6.70. The average Bonchev–Trinajstić information content (AvgIpc) is 3.24. The van der Waals surface area contributed by atoms with Crippen LogP contribution in [0.15, 0.2) is 52.7 Å². The highest BCUT2D eigenvalue weighted by Gasteiger charge is 2.17. The van der Waals surface area contributed by atoms with Crippen LogP contribution in [0.2, 0.25) is 0 Å². The zero-order chi connectivity index (χ0) is 20.1. The minimum Gasteiger partial charge on any atom is -0.482 e. The lowest BCUT2D eigenvalue weighted by molar-refractivity contribution is 0.216. The van der Waals surface area contributed by atoms with Gasteiger partial charge in [-0.3, -0.25) is 0 Å². The molecular weight excluding hydrogens is 364 g/mol. The van der Waals surface area contributed by atoms with E-state index < -0.39 is 6.23 Å². The first kappa shape index (κ1) is 20.2. The number of hydrogen-bond donors (Lipinski definition) is 3. The maximum Gasteiger partial charge on any atom is 0.176 e. The van der Waals surface area contributed by atoms with Crippen molar-refractivity contribution in [1.82, 2.24) is 5.32 Å². The number of aliphatic hydroxyl groups excluding tert-OH is 1. The minimum absolute atomic E-state index is 0.0923. The molecule has 0 saturated heterocycles. The molecule has 2 aliphatic carbocycles. The second-order valence-electron chi connectivity index (χ2n) is 8.26. The van der Waals surface area contributed by atoms with Crippen LogP contribution in [0.4, 0.5) is 0 Å². The fourth-order valence-corrected chi connectivity index (χ4v) is 4.43. The van der Waals surface area contributed by atoms with Gasteiger partial charge in [-0.25, -0.2) is 0 Å². The van der Waals surface area contributed by atoms with Crippen LogP contribution in [0, 0.1) is 5.92 Å². The summed E-state index contributed by atoms with van der Waals surface area (Å²) in [6, 6.07) is 6.13. The van der Waals surface area contributed by atoms with Crippen LogP contribution in [0.5, 0.6) is 5.75 Å². The van der Waals surface area contributed by atoms with Gasteiger partial charge in [0.15, 0.2) is 11.3 Å². The lowest BCUT2D eigenvalue weighted by Gasteiger charge is -2.21. The van der Waals surface area contributed by atoms with Gasteiger partial charge in [0, 0.05) is 18.4 Å². The van der Waals surface area contributed by atoms with E-state index in [1.807, 2.05) is 30.4 Å². The largest absolute Gasteiger partial charge is 0.482 e. The first-order valence-corrected chi connectivity index (χ1v) is 10.9. The summed E-state index contributed by atoms with van der Waals surface area (Å²) in [5.41, 5.74) is 8.26. The zero-order valence-electron chi connectivity index (χ0n) is 17.0. The maximum absolute atomic E-state index is 9.46. The summed E-state index contributed by atoms with van der Waals surface area (Å²) in [6.45, 7) is 1.91. The molecule has 5 heteroatoms. The van der Waals surface area contributed by atoms with Crippen molar-refractivity contribution < 1.29 is 14.3 Å². The van der Waals surface area contributed by atoms with Crippen molar-refractivity contribution in [3.63, 3.8) is 0 Å². The standard InChI is InChI=1S/C24H32N2O3/c25-24(27)18-6-9-20(10-7-18)29-22-11-8-19(21-13-15-28-23(21)22)16-26-14-12-17-4-2-1-3-5-17/h6-9,11,13,15,17,20,24,26-27H,1-5,10,12,14,16,25H2. The van der Waals surface area contributed by atoms with Crippen LogP contribution < -0.4 is 15.8 Å². The van der Waals surface area contributed by atoms with Crippen molar-refractivity contribution in [2.45, 2.75) is 63.8 Å². The van der Waals surface area contributed by atoms with Gasteiger partial charge in [-0.05, 0) is 48.2 Å². The van der Waals surface area contributed by atoms with Gasteiger partial charge in [0.1, 0.15) is 12.3 Å². The van der Waals surface area contributed by atoms with Crippen molar-refractivity contribution in [3.8, 4) is 5.75 Å². The Bertz CT molecular complexity index is 862. The van der Waals surface area contributed by atoms with Crippen molar-refractivity contribution in [1.29, 1.82) is 0 Å². The molecule has 1 saturated carbocycles. The van der Waals surface area contributed by atoms with Crippen LogP contribution in [0.1, 0.15) is 50.5 Å². The maximum atomic E-state index is 9.46. The van der Waals surface area contributed by atoms with E-state index in [1.165, 1.54) is 44.1 Å². The molecule has 4 rings (SSSR count). The lowest BCUT2D eigenvalue weighted by atomic mass is 9.87. The number of rotatable bonds is 8. The zero-order valence-corrected chi connectivity index (χ0v) is 17.0. The predicted molar refractivity (Wildman–Crippen MR) is 116 cm³/mol. The van der Waals surface area contributed by atoms with Crippen molar-refractivity contribution in [2.75, 3.05) is 6.54 Å². The molecule has 0 bridgehead atoms. The molecule has 1 heterocycles. The normalized spacial score (nSPS) is 21.3. The highest BCUT2D eigenvalue weighted by molar-refractivity contribution is 5.86. The third-order valence-electron chi connectivity index (χ3n) is 6.15. The quantitative estimate of drug-likeness (QED) is 0.455. The number of ether oxygens (including phenoxy) is 1. The molecule has 1 fully saturated rings. The Hall–Kier alpha value is -2.08. The van der Waals surface area contributed by atoms with Crippen molar-refractivity contribution in [2.24, 2.45) is 11.7 Å². The van der Waals surface area contributed by atoms with E-state index in [1.54, 1.807) is 6.26 Å². The Balaban J connectivity index is 1.34. The highest BCUT2D eigenvalue weighted by Crippen LogP contribution is 2.32. The van der Waals surface area contributed by atoms with Gasteiger partial charge < -0.3 is 25.3 Å². The van der Waals surface area contributed by atoms with Gasteiger partial charge in [-0.2, -0.15) is 0 Å². The number of hydrogen-bond acceptors (Lipinski definition) is 5. The first-order valence-electron chi connectivity index (χ1n) is 10.9. The van der Waals surface area contributed by atoms with Crippen LogP contribution in [0.3, 0.4) is 0 Å². The second-order valence-corrected chi connectivity index (χ2v) is 8.26. The number of nitrogens with one attached hydrogen (secondary N) is 1. The van der Waals surface area contributed by atoms with Gasteiger partial charge in [0.05, 0.1) is 6.26 Å². The topological polar surface area (TPSA) is 80.7 Å². The summed E-state index contributed by atoms with van der Waals surface area (Å²) in [5.74, 6) is 1.65. The Morgan fingerprint density at radius 2 is 2.07 bits per heavy atom. The summed E-state index contributed by atoms with van der Waals surface area (Å²) in [6.07, 6.45) is 15.3. The number of benzene rings is 1. The van der Waals surface area contributed by atoms with Gasteiger partial charge in [0.2, 0.25) is 0 Å². The summed E-state index contributed by atoms with van der Waals surface area (Å²) in [4.78, 5) is 0. The molecule has 0 radical (unpaired) electrons. The smallest absolute Gasteiger partial charge is 0.176 e. The number of fused-ring (bicyclic) bond motifs is 1. The summed E-state index contributed by atoms with van der Waals surface area (Å²) >= 11 is 0. The Morgan fingerprint density at radius 1 is 1.21 bits per heavy atom. The van der Waals surface area contributed by atoms with Gasteiger partial charge in [-0.1, -0.05) is 50.3 Å². The molecule has 0 spiro atoms.